The Morgan fingerprint density at radius 2 is 2.04 bits per heavy atom. The molecule has 1 saturated heterocycles. The molecule has 0 spiro atoms. The number of fused-ring (bicyclic) bond motifs is 1. The van der Waals surface area contributed by atoms with Gasteiger partial charge in [-0.15, -0.1) is 0 Å². The maximum Gasteiger partial charge on any atom is 0.223 e. The zero-order valence-electron chi connectivity index (χ0n) is 16.2. The highest BCUT2D eigenvalue weighted by molar-refractivity contribution is 5.90. The lowest BCUT2D eigenvalue weighted by molar-refractivity contribution is 0.0321. The molecule has 3 aromatic rings. The lowest BCUT2D eigenvalue weighted by Crippen LogP contribution is -2.38. The molecule has 28 heavy (non-hydrogen) atoms. The molecule has 148 valence electrons. The Hall–Kier alpha value is -2.84. The minimum Gasteiger partial charge on any atom is -0.497 e. The number of aromatic amines is 1. The van der Waals surface area contributed by atoms with Crippen molar-refractivity contribution < 1.29 is 14.2 Å². The summed E-state index contributed by atoms with van der Waals surface area (Å²) in [5, 5.41) is 12.3. The summed E-state index contributed by atoms with van der Waals surface area (Å²) < 4.78 is 16.8. The second-order valence-corrected chi connectivity index (χ2v) is 6.76. The number of aryl methyl sites for hydroxylation is 1. The summed E-state index contributed by atoms with van der Waals surface area (Å²) in [5.41, 5.74) is 0.979. The minimum atomic E-state index is 0.569. The molecular weight excluding hydrogens is 358 g/mol. The molecule has 2 N–H and O–H groups in total. The van der Waals surface area contributed by atoms with E-state index in [1.165, 1.54) is 0 Å². The van der Waals surface area contributed by atoms with Gasteiger partial charge in [-0.25, -0.2) is 0 Å². The van der Waals surface area contributed by atoms with Crippen molar-refractivity contribution >= 4 is 22.4 Å². The number of nitrogens with zero attached hydrogens (tertiary/aromatic N) is 3. The molecule has 8 heteroatoms. The van der Waals surface area contributed by atoms with Crippen LogP contribution in [-0.4, -0.2) is 66.6 Å². The van der Waals surface area contributed by atoms with Crippen LogP contribution in [0.5, 0.6) is 11.6 Å². The van der Waals surface area contributed by atoms with Crippen molar-refractivity contribution in [2.75, 3.05) is 51.9 Å². The van der Waals surface area contributed by atoms with Gasteiger partial charge in [0, 0.05) is 36.8 Å². The fraction of sp³-hybridized carbons (Fsp3) is 0.400. The van der Waals surface area contributed by atoms with Gasteiger partial charge in [0.2, 0.25) is 5.88 Å². The van der Waals surface area contributed by atoms with Crippen molar-refractivity contribution in [3.63, 3.8) is 0 Å². The zero-order valence-corrected chi connectivity index (χ0v) is 16.2. The number of anilines is 2. The number of rotatable bonds is 7. The van der Waals surface area contributed by atoms with Crippen LogP contribution in [0.2, 0.25) is 0 Å². The van der Waals surface area contributed by atoms with E-state index in [-0.39, 0.29) is 0 Å². The van der Waals surface area contributed by atoms with E-state index in [4.69, 9.17) is 14.2 Å². The first-order chi connectivity index (χ1) is 13.7. The number of hydrogen-bond donors (Lipinski definition) is 2. The van der Waals surface area contributed by atoms with E-state index in [0.29, 0.717) is 24.1 Å². The molecular formula is C20H25N5O3. The molecule has 0 saturated carbocycles. The highest BCUT2D eigenvalue weighted by Gasteiger charge is 2.13. The fourth-order valence-electron chi connectivity index (χ4n) is 3.21. The second kappa shape index (κ2) is 8.45. The number of H-pyrrole nitrogens is 1. The first kappa shape index (κ1) is 18.5. The highest BCUT2D eigenvalue weighted by Crippen LogP contribution is 2.30. The fourth-order valence-corrected chi connectivity index (χ4v) is 3.21. The maximum atomic E-state index is 6.08. The third kappa shape index (κ3) is 4.35. The highest BCUT2D eigenvalue weighted by atomic mass is 16.5. The Bertz CT molecular complexity index is 937. The first-order valence-corrected chi connectivity index (χ1v) is 9.42. The second-order valence-electron chi connectivity index (χ2n) is 6.76. The topological polar surface area (TPSA) is 84.5 Å². The van der Waals surface area contributed by atoms with Gasteiger partial charge in [-0.3, -0.25) is 10.00 Å². The molecule has 2 aromatic heterocycles. The van der Waals surface area contributed by atoms with Gasteiger partial charge in [0.05, 0.1) is 20.3 Å². The summed E-state index contributed by atoms with van der Waals surface area (Å²) in [7, 11) is 1.66. The summed E-state index contributed by atoms with van der Waals surface area (Å²) in [4.78, 5) is 7.01. The van der Waals surface area contributed by atoms with Crippen LogP contribution < -0.4 is 14.8 Å². The average Bonchev–Trinajstić information content (AvgIpc) is 3.12. The van der Waals surface area contributed by atoms with Crippen molar-refractivity contribution in [1.29, 1.82) is 0 Å². The van der Waals surface area contributed by atoms with Crippen LogP contribution in [0.15, 0.2) is 30.3 Å². The monoisotopic (exact) mass is 383 g/mol. The molecule has 3 heterocycles. The van der Waals surface area contributed by atoms with Crippen LogP contribution in [0, 0.1) is 6.92 Å². The molecule has 0 radical (unpaired) electrons. The number of methoxy groups -OCH3 is 1. The summed E-state index contributed by atoms with van der Waals surface area (Å²) in [6.45, 7) is 6.81. The zero-order chi connectivity index (χ0) is 19.3. The van der Waals surface area contributed by atoms with Crippen molar-refractivity contribution in [2.45, 2.75) is 6.92 Å². The number of benzene rings is 1. The number of morpholine rings is 1. The summed E-state index contributed by atoms with van der Waals surface area (Å²) in [6, 6.07) is 9.77. The van der Waals surface area contributed by atoms with Gasteiger partial charge in [-0.2, -0.15) is 10.1 Å². The normalized spacial score (nSPS) is 14.9. The van der Waals surface area contributed by atoms with E-state index in [0.717, 1.165) is 55.1 Å². The lowest BCUT2D eigenvalue weighted by Gasteiger charge is -2.26. The molecule has 1 aliphatic heterocycles. The molecule has 1 aromatic carbocycles. The van der Waals surface area contributed by atoms with E-state index in [1.807, 2.05) is 37.3 Å². The quantitative estimate of drug-likeness (QED) is 0.649. The van der Waals surface area contributed by atoms with Crippen molar-refractivity contribution in [3.05, 3.63) is 36.0 Å². The number of pyridine rings is 1. The maximum absolute atomic E-state index is 6.08. The number of aromatic nitrogens is 3. The summed E-state index contributed by atoms with van der Waals surface area (Å²) >= 11 is 0. The molecule has 8 nitrogen and oxygen atoms in total. The van der Waals surface area contributed by atoms with E-state index in [9.17, 15) is 0 Å². The average molecular weight is 383 g/mol. The third-order valence-electron chi connectivity index (χ3n) is 4.72. The Labute approximate surface area is 163 Å². The third-order valence-corrected chi connectivity index (χ3v) is 4.72. The van der Waals surface area contributed by atoms with Crippen LogP contribution >= 0.6 is 0 Å². The van der Waals surface area contributed by atoms with Gasteiger partial charge < -0.3 is 19.5 Å². The molecule has 0 unspecified atom stereocenters. The van der Waals surface area contributed by atoms with Gasteiger partial charge in [0.15, 0.2) is 5.82 Å². The van der Waals surface area contributed by atoms with Crippen LogP contribution in [0.3, 0.4) is 0 Å². The van der Waals surface area contributed by atoms with Crippen molar-refractivity contribution in [3.8, 4) is 11.6 Å². The first-order valence-electron chi connectivity index (χ1n) is 9.42. The number of nitrogens with one attached hydrogen (secondary N) is 2. The van der Waals surface area contributed by atoms with Gasteiger partial charge in [-0.05, 0) is 36.6 Å². The predicted octanol–water partition coefficient (Wildman–Crippen LogP) is 2.73. The molecule has 0 aliphatic carbocycles. The molecule has 0 atom stereocenters. The molecule has 1 fully saturated rings. The summed E-state index contributed by atoms with van der Waals surface area (Å²) in [5.74, 6) is 2.78. The van der Waals surface area contributed by atoms with E-state index < -0.39 is 0 Å². The SMILES string of the molecule is COc1ccc2c(OCCN3CCOCC3)nc(Nc3cc(C)[nH]n3)cc2c1. The Balaban J connectivity index is 1.56. The molecule has 4 rings (SSSR count). The minimum absolute atomic E-state index is 0.569. The van der Waals surface area contributed by atoms with Gasteiger partial charge in [0.1, 0.15) is 18.2 Å². The predicted molar refractivity (Wildman–Crippen MR) is 108 cm³/mol. The van der Waals surface area contributed by atoms with Crippen molar-refractivity contribution in [2.24, 2.45) is 0 Å². The molecule has 0 bridgehead atoms. The van der Waals surface area contributed by atoms with Crippen LogP contribution in [0.25, 0.3) is 10.8 Å². The Morgan fingerprint density at radius 3 is 2.79 bits per heavy atom. The van der Waals surface area contributed by atoms with Gasteiger partial charge in [-0.1, -0.05) is 0 Å². The standard InChI is InChI=1S/C20H25N5O3/c1-14-11-19(24-23-14)21-18-13-15-12-16(26-2)3-4-17(15)20(22-18)28-10-7-25-5-8-27-9-6-25/h3-4,11-13H,5-10H2,1-2H3,(H2,21,22,23,24). The number of ether oxygens (including phenoxy) is 3. The van der Waals surface area contributed by atoms with Crippen LogP contribution in [0.4, 0.5) is 11.6 Å². The van der Waals surface area contributed by atoms with Gasteiger partial charge >= 0.3 is 0 Å². The smallest absolute Gasteiger partial charge is 0.223 e. The van der Waals surface area contributed by atoms with Crippen LogP contribution in [0.1, 0.15) is 5.69 Å². The van der Waals surface area contributed by atoms with E-state index in [2.05, 4.69) is 25.4 Å². The van der Waals surface area contributed by atoms with E-state index in [1.54, 1.807) is 7.11 Å². The molecule has 1 aliphatic rings. The van der Waals surface area contributed by atoms with Gasteiger partial charge in [0.25, 0.3) is 0 Å². The summed E-state index contributed by atoms with van der Waals surface area (Å²) in [6.07, 6.45) is 0. The van der Waals surface area contributed by atoms with E-state index >= 15 is 0 Å². The Kier molecular flexibility index (Phi) is 5.59. The largest absolute Gasteiger partial charge is 0.497 e. The Morgan fingerprint density at radius 1 is 1.18 bits per heavy atom. The molecule has 0 amide bonds. The van der Waals surface area contributed by atoms with Crippen molar-refractivity contribution in [1.82, 2.24) is 20.1 Å². The lowest BCUT2D eigenvalue weighted by atomic mass is 10.1. The van der Waals surface area contributed by atoms with Crippen LogP contribution in [-0.2, 0) is 4.74 Å². The number of hydrogen-bond acceptors (Lipinski definition) is 7.